The molecule has 2 aromatic heterocycles. The lowest BCUT2D eigenvalue weighted by Crippen LogP contribution is -2.25. The first-order valence-corrected chi connectivity index (χ1v) is 7.10. The van der Waals surface area contributed by atoms with Crippen molar-refractivity contribution in [2.45, 2.75) is 13.3 Å². The van der Waals surface area contributed by atoms with E-state index in [2.05, 4.69) is 10.6 Å². The van der Waals surface area contributed by atoms with Crippen LogP contribution in [0.2, 0.25) is 0 Å². The molecule has 22 heavy (non-hydrogen) atoms. The van der Waals surface area contributed by atoms with Gasteiger partial charge in [0.2, 0.25) is 0 Å². The molecule has 2 heterocycles. The van der Waals surface area contributed by atoms with E-state index < -0.39 is 0 Å². The number of nitrogens with zero attached hydrogens (tertiary/aromatic N) is 2. The van der Waals surface area contributed by atoms with Crippen molar-refractivity contribution in [3.63, 3.8) is 0 Å². The van der Waals surface area contributed by atoms with Crippen LogP contribution in [-0.2, 0) is 14.1 Å². The topological polar surface area (TPSA) is 94.1 Å². The average molecular weight is 303 g/mol. The number of anilines is 2. The van der Waals surface area contributed by atoms with E-state index >= 15 is 0 Å². The number of nitrogens with one attached hydrogen (secondary N) is 2. The lowest BCUT2D eigenvalue weighted by molar-refractivity contribution is 0.0944. The Morgan fingerprint density at radius 1 is 1.09 bits per heavy atom. The van der Waals surface area contributed by atoms with Gasteiger partial charge in [-0.2, -0.15) is 0 Å². The zero-order chi connectivity index (χ0) is 16.3. The zero-order valence-corrected chi connectivity index (χ0v) is 13.0. The Balaban J connectivity index is 2.12. The van der Waals surface area contributed by atoms with Crippen LogP contribution >= 0.6 is 0 Å². The third-order valence-electron chi connectivity index (χ3n) is 3.29. The van der Waals surface area contributed by atoms with E-state index in [1.807, 2.05) is 6.92 Å². The van der Waals surface area contributed by atoms with Gasteiger partial charge in [-0.25, -0.2) is 0 Å². The van der Waals surface area contributed by atoms with E-state index in [-0.39, 0.29) is 11.8 Å². The van der Waals surface area contributed by atoms with E-state index in [1.165, 1.54) is 0 Å². The Morgan fingerprint density at radius 2 is 1.73 bits per heavy atom. The van der Waals surface area contributed by atoms with Gasteiger partial charge in [-0.3, -0.25) is 9.59 Å². The van der Waals surface area contributed by atoms with E-state index in [1.54, 1.807) is 47.8 Å². The lowest BCUT2D eigenvalue weighted by Gasteiger charge is -2.03. The molecule has 0 spiro atoms. The highest BCUT2D eigenvalue weighted by Crippen LogP contribution is 2.16. The van der Waals surface area contributed by atoms with Crippen LogP contribution in [0.1, 0.15) is 34.3 Å². The first-order chi connectivity index (χ1) is 10.4. The van der Waals surface area contributed by atoms with E-state index in [0.717, 1.165) is 6.42 Å². The molecule has 2 amide bonds. The van der Waals surface area contributed by atoms with Crippen LogP contribution in [0, 0.1) is 0 Å². The quantitative estimate of drug-likeness (QED) is 0.778. The summed E-state index contributed by atoms with van der Waals surface area (Å²) in [5.41, 5.74) is 7.71. The van der Waals surface area contributed by atoms with Crippen LogP contribution in [0.5, 0.6) is 0 Å². The molecular weight excluding hydrogens is 282 g/mol. The summed E-state index contributed by atoms with van der Waals surface area (Å²) in [5, 5.41) is 5.58. The zero-order valence-electron chi connectivity index (χ0n) is 13.0. The molecule has 0 aliphatic carbocycles. The second kappa shape index (κ2) is 6.38. The number of hydrogen-bond acceptors (Lipinski definition) is 3. The third kappa shape index (κ3) is 3.30. The van der Waals surface area contributed by atoms with Gasteiger partial charge in [0, 0.05) is 33.0 Å². The molecule has 0 atom stereocenters. The lowest BCUT2D eigenvalue weighted by atomic mass is 10.3. The molecule has 118 valence electrons. The minimum Gasteiger partial charge on any atom is -0.397 e. The first-order valence-electron chi connectivity index (χ1n) is 7.10. The van der Waals surface area contributed by atoms with Crippen molar-refractivity contribution in [3.8, 4) is 0 Å². The second-order valence-corrected chi connectivity index (χ2v) is 5.20. The summed E-state index contributed by atoms with van der Waals surface area (Å²) in [4.78, 5) is 24.2. The van der Waals surface area contributed by atoms with Crippen LogP contribution in [0.3, 0.4) is 0 Å². The van der Waals surface area contributed by atoms with Gasteiger partial charge < -0.3 is 25.5 Å². The minimum atomic E-state index is -0.273. The van der Waals surface area contributed by atoms with Gasteiger partial charge in [-0.15, -0.1) is 0 Å². The summed E-state index contributed by atoms with van der Waals surface area (Å²) < 4.78 is 3.34. The van der Waals surface area contributed by atoms with E-state index in [0.29, 0.717) is 29.3 Å². The maximum atomic E-state index is 12.2. The fourth-order valence-corrected chi connectivity index (χ4v) is 2.20. The summed E-state index contributed by atoms with van der Waals surface area (Å²) >= 11 is 0. The molecule has 2 rings (SSSR count). The number of carbonyl (C=O) groups excluding carboxylic acids is 2. The molecule has 4 N–H and O–H groups in total. The Kier molecular flexibility index (Phi) is 4.55. The standard InChI is InChI=1S/C15H21N5O2/c1-4-5-17-14(21)13-7-11(9-20(13)3)18-15(22)12-6-10(16)8-19(12)2/h6-9H,4-5,16H2,1-3H3,(H,17,21)(H,18,22). The molecule has 0 saturated carbocycles. The van der Waals surface area contributed by atoms with Crippen LogP contribution < -0.4 is 16.4 Å². The Labute approximate surface area is 129 Å². The summed E-state index contributed by atoms with van der Waals surface area (Å²) in [5.74, 6) is -0.432. The fourth-order valence-electron chi connectivity index (χ4n) is 2.20. The minimum absolute atomic E-state index is 0.159. The number of aryl methyl sites for hydroxylation is 2. The predicted molar refractivity (Wildman–Crippen MR) is 85.8 cm³/mol. The smallest absolute Gasteiger partial charge is 0.272 e. The Hall–Kier alpha value is -2.70. The third-order valence-corrected chi connectivity index (χ3v) is 3.29. The number of rotatable bonds is 5. The molecule has 0 saturated heterocycles. The normalized spacial score (nSPS) is 10.5. The van der Waals surface area contributed by atoms with Crippen LogP contribution in [0.25, 0.3) is 0 Å². The Morgan fingerprint density at radius 3 is 2.32 bits per heavy atom. The van der Waals surface area contributed by atoms with Crippen molar-refractivity contribution >= 4 is 23.2 Å². The number of hydrogen-bond donors (Lipinski definition) is 3. The number of nitrogen functional groups attached to an aromatic ring is 1. The molecule has 7 nitrogen and oxygen atoms in total. The SMILES string of the molecule is CCCNC(=O)c1cc(NC(=O)c2cc(N)cn2C)cn1C. The molecule has 0 aromatic carbocycles. The summed E-state index contributed by atoms with van der Waals surface area (Å²) in [7, 11) is 3.51. The largest absolute Gasteiger partial charge is 0.397 e. The first kappa shape index (κ1) is 15.7. The number of carbonyl (C=O) groups is 2. The molecule has 0 fully saturated rings. The van der Waals surface area contributed by atoms with Crippen molar-refractivity contribution < 1.29 is 9.59 Å². The van der Waals surface area contributed by atoms with Gasteiger partial charge in [-0.1, -0.05) is 6.92 Å². The monoisotopic (exact) mass is 303 g/mol. The summed E-state index contributed by atoms with van der Waals surface area (Å²) in [6.07, 6.45) is 4.24. The average Bonchev–Trinajstić information content (AvgIpc) is 2.98. The Bertz CT molecular complexity index is 699. The van der Waals surface area contributed by atoms with Gasteiger partial charge in [0.15, 0.2) is 0 Å². The molecular formula is C15H21N5O2. The molecule has 0 unspecified atom stereocenters. The molecule has 7 heteroatoms. The number of aromatic nitrogens is 2. The molecule has 0 aliphatic rings. The van der Waals surface area contributed by atoms with Gasteiger partial charge in [-0.05, 0) is 18.6 Å². The highest BCUT2D eigenvalue weighted by molar-refractivity contribution is 6.04. The molecule has 0 radical (unpaired) electrons. The van der Waals surface area contributed by atoms with E-state index in [4.69, 9.17) is 5.73 Å². The second-order valence-electron chi connectivity index (χ2n) is 5.20. The van der Waals surface area contributed by atoms with E-state index in [9.17, 15) is 9.59 Å². The van der Waals surface area contributed by atoms with Crippen molar-refractivity contribution in [3.05, 3.63) is 35.9 Å². The van der Waals surface area contributed by atoms with Crippen molar-refractivity contribution in [1.29, 1.82) is 0 Å². The highest BCUT2D eigenvalue weighted by atomic mass is 16.2. The molecule has 0 aliphatic heterocycles. The van der Waals surface area contributed by atoms with Crippen molar-refractivity contribution in [2.75, 3.05) is 17.6 Å². The van der Waals surface area contributed by atoms with Gasteiger partial charge in [0.25, 0.3) is 11.8 Å². The fraction of sp³-hybridized carbons (Fsp3) is 0.333. The number of nitrogens with two attached hydrogens (primary N) is 1. The van der Waals surface area contributed by atoms with Crippen LogP contribution in [0.4, 0.5) is 11.4 Å². The van der Waals surface area contributed by atoms with Crippen molar-refractivity contribution in [2.24, 2.45) is 14.1 Å². The van der Waals surface area contributed by atoms with Crippen LogP contribution in [-0.4, -0.2) is 27.5 Å². The highest BCUT2D eigenvalue weighted by Gasteiger charge is 2.15. The van der Waals surface area contributed by atoms with Gasteiger partial charge >= 0.3 is 0 Å². The summed E-state index contributed by atoms with van der Waals surface area (Å²) in [6, 6.07) is 3.25. The van der Waals surface area contributed by atoms with Crippen LogP contribution in [0.15, 0.2) is 24.5 Å². The van der Waals surface area contributed by atoms with Crippen molar-refractivity contribution in [1.82, 2.24) is 14.5 Å². The number of amides is 2. The molecule has 2 aromatic rings. The molecule has 0 bridgehead atoms. The predicted octanol–water partition coefficient (Wildman–Crippen LogP) is 1.34. The maximum Gasteiger partial charge on any atom is 0.272 e. The van der Waals surface area contributed by atoms with Gasteiger partial charge in [0.05, 0.1) is 11.4 Å². The summed E-state index contributed by atoms with van der Waals surface area (Å²) in [6.45, 7) is 2.61. The van der Waals surface area contributed by atoms with Gasteiger partial charge in [0.1, 0.15) is 11.4 Å². The maximum absolute atomic E-state index is 12.2.